The molecule has 3 rings (SSSR count). The van der Waals surface area contributed by atoms with Crippen LogP contribution in [0.2, 0.25) is 0 Å². The lowest BCUT2D eigenvalue weighted by atomic mass is 10.3. The number of amides is 1. The van der Waals surface area contributed by atoms with Gasteiger partial charge < -0.3 is 9.88 Å². The predicted octanol–water partition coefficient (Wildman–Crippen LogP) is 1.43. The molecule has 2 aromatic rings. The van der Waals surface area contributed by atoms with Crippen LogP contribution in [0.15, 0.2) is 36.0 Å². The van der Waals surface area contributed by atoms with E-state index in [1.54, 1.807) is 24.4 Å². The van der Waals surface area contributed by atoms with Crippen LogP contribution in [0.5, 0.6) is 0 Å². The van der Waals surface area contributed by atoms with Gasteiger partial charge in [0, 0.05) is 38.8 Å². The van der Waals surface area contributed by atoms with E-state index in [1.165, 1.54) is 5.57 Å². The highest BCUT2D eigenvalue weighted by atomic mass is 16.1. The molecular weight excluding hydrogens is 316 g/mol. The zero-order chi connectivity index (χ0) is 17.6. The fourth-order valence-corrected chi connectivity index (χ4v) is 2.80. The van der Waals surface area contributed by atoms with Crippen LogP contribution in [-0.2, 0) is 19.5 Å². The van der Waals surface area contributed by atoms with Crippen molar-refractivity contribution in [2.24, 2.45) is 0 Å². The van der Waals surface area contributed by atoms with Gasteiger partial charge in [-0.3, -0.25) is 14.7 Å². The van der Waals surface area contributed by atoms with Crippen LogP contribution >= 0.6 is 0 Å². The highest BCUT2D eigenvalue weighted by Gasteiger charge is 2.18. The fourth-order valence-electron chi connectivity index (χ4n) is 2.80. The number of hydrogen-bond acceptors (Lipinski definition) is 5. The molecule has 2 aromatic heterocycles. The van der Waals surface area contributed by atoms with Crippen molar-refractivity contribution in [3.05, 3.63) is 53.4 Å². The summed E-state index contributed by atoms with van der Waals surface area (Å²) >= 11 is 0. The van der Waals surface area contributed by atoms with E-state index in [4.69, 9.17) is 0 Å². The fraction of sp³-hybridized carbons (Fsp3) is 0.444. The molecule has 0 radical (unpaired) electrons. The van der Waals surface area contributed by atoms with E-state index in [9.17, 15) is 4.79 Å². The first kappa shape index (κ1) is 17.3. The molecule has 0 aliphatic carbocycles. The molecule has 25 heavy (non-hydrogen) atoms. The molecule has 7 heteroatoms. The summed E-state index contributed by atoms with van der Waals surface area (Å²) in [6, 6.07) is 5.28. The summed E-state index contributed by atoms with van der Waals surface area (Å²) in [6.45, 7) is 8.33. The van der Waals surface area contributed by atoms with Gasteiger partial charge in [-0.15, -0.1) is 10.2 Å². The minimum absolute atomic E-state index is 0.197. The number of fused-ring (bicyclic) bond motifs is 1. The zero-order valence-corrected chi connectivity index (χ0v) is 14.8. The summed E-state index contributed by atoms with van der Waals surface area (Å²) in [5, 5.41) is 11.4. The first-order chi connectivity index (χ1) is 12.1. The monoisotopic (exact) mass is 340 g/mol. The lowest BCUT2D eigenvalue weighted by Crippen LogP contribution is -2.28. The Morgan fingerprint density at radius 2 is 2.12 bits per heavy atom. The molecule has 0 saturated heterocycles. The molecular formula is C18H24N6O. The second kappa shape index (κ2) is 8.02. The molecule has 0 fully saturated rings. The van der Waals surface area contributed by atoms with Crippen molar-refractivity contribution in [2.45, 2.75) is 33.4 Å². The first-order valence-corrected chi connectivity index (χ1v) is 8.59. The molecule has 1 aliphatic heterocycles. The van der Waals surface area contributed by atoms with Gasteiger partial charge in [-0.25, -0.2) is 0 Å². The van der Waals surface area contributed by atoms with E-state index >= 15 is 0 Å². The topological polar surface area (TPSA) is 75.9 Å². The van der Waals surface area contributed by atoms with Crippen LogP contribution in [0.4, 0.5) is 0 Å². The predicted molar refractivity (Wildman–Crippen MR) is 95.0 cm³/mol. The van der Waals surface area contributed by atoms with Gasteiger partial charge in [0.15, 0.2) is 5.82 Å². The quantitative estimate of drug-likeness (QED) is 0.833. The number of allylic oxidation sites excluding steroid dienone is 1. The molecule has 0 spiro atoms. The number of nitrogens with zero attached hydrogens (tertiary/aromatic N) is 5. The Bertz CT molecular complexity index is 748. The van der Waals surface area contributed by atoms with Gasteiger partial charge in [-0.2, -0.15) is 0 Å². The van der Waals surface area contributed by atoms with E-state index in [0.717, 1.165) is 44.2 Å². The van der Waals surface area contributed by atoms with Crippen LogP contribution < -0.4 is 5.32 Å². The normalized spacial score (nSPS) is 14.5. The molecule has 0 bridgehead atoms. The van der Waals surface area contributed by atoms with Crippen LogP contribution in [0.1, 0.15) is 36.0 Å². The highest BCUT2D eigenvalue weighted by molar-refractivity contribution is 5.92. The molecule has 3 heterocycles. The SMILES string of the molecule is CC(C)=CCN1CCc2nnc(CNC(=O)c3ccccn3)n2CC1. The second-order valence-corrected chi connectivity index (χ2v) is 6.41. The molecule has 7 nitrogen and oxygen atoms in total. The maximum absolute atomic E-state index is 12.1. The molecule has 1 amide bonds. The Morgan fingerprint density at radius 1 is 1.24 bits per heavy atom. The Labute approximate surface area is 147 Å². The van der Waals surface area contributed by atoms with Gasteiger partial charge >= 0.3 is 0 Å². The van der Waals surface area contributed by atoms with Gasteiger partial charge in [0.1, 0.15) is 11.5 Å². The zero-order valence-electron chi connectivity index (χ0n) is 14.8. The number of carbonyl (C=O) groups excluding carboxylic acids is 1. The van der Waals surface area contributed by atoms with Gasteiger partial charge in [0.2, 0.25) is 0 Å². The minimum atomic E-state index is -0.197. The number of pyridine rings is 1. The van der Waals surface area contributed by atoms with Crippen LogP contribution in [-0.4, -0.2) is 50.2 Å². The molecule has 1 aliphatic rings. The lowest BCUT2D eigenvalue weighted by Gasteiger charge is -2.17. The largest absolute Gasteiger partial charge is 0.343 e. The van der Waals surface area contributed by atoms with E-state index in [-0.39, 0.29) is 5.91 Å². The highest BCUT2D eigenvalue weighted by Crippen LogP contribution is 2.10. The van der Waals surface area contributed by atoms with Crippen molar-refractivity contribution in [1.82, 2.24) is 30.0 Å². The number of carbonyl (C=O) groups is 1. The third kappa shape index (κ3) is 4.51. The molecule has 0 unspecified atom stereocenters. The van der Waals surface area contributed by atoms with Crippen molar-refractivity contribution in [2.75, 3.05) is 19.6 Å². The third-order valence-electron chi connectivity index (χ3n) is 4.26. The second-order valence-electron chi connectivity index (χ2n) is 6.41. The van der Waals surface area contributed by atoms with Crippen LogP contribution in [0, 0.1) is 0 Å². The Morgan fingerprint density at radius 3 is 2.88 bits per heavy atom. The van der Waals surface area contributed by atoms with E-state index in [2.05, 4.69) is 49.9 Å². The molecule has 0 aromatic carbocycles. The van der Waals surface area contributed by atoms with Gasteiger partial charge in [0.05, 0.1) is 6.54 Å². The Kier molecular flexibility index (Phi) is 5.55. The first-order valence-electron chi connectivity index (χ1n) is 8.59. The Balaban J connectivity index is 1.60. The molecule has 0 saturated carbocycles. The minimum Gasteiger partial charge on any atom is -0.343 e. The van der Waals surface area contributed by atoms with Gasteiger partial charge in [0.25, 0.3) is 5.91 Å². The number of hydrogen-bond donors (Lipinski definition) is 1. The van der Waals surface area contributed by atoms with Crippen molar-refractivity contribution < 1.29 is 4.79 Å². The van der Waals surface area contributed by atoms with E-state index < -0.39 is 0 Å². The molecule has 1 N–H and O–H groups in total. The van der Waals surface area contributed by atoms with E-state index in [0.29, 0.717) is 12.2 Å². The van der Waals surface area contributed by atoms with Crippen molar-refractivity contribution >= 4 is 5.91 Å². The van der Waals surface area contributed by atoms with Crippen molar-refractivity contribution in [3.8, 4) is 0 Å². The molecule has 0 atom stereocenters. The summed E-state index contributed by atoms with van der Waals surface area (Å²) in [7, 11) is 0. The average Bonchev–Trinajstić information content (AvgIpc) is 2.89. The summed E-state index contributed by atoms with van der Waals surface area (Å²) in [5.41, 5.74) is 1.74. The van der Waals surface area contributed by atoms with Crippen LogP contribution in [0.25, 0.3) is 0 Å². The third-order valence-corrected chi connectivity index (χ3v) is 4.26. The number of nitrogens with one attached hydrogen (secondary N) is 1. The summed E-state index contributed by atoms with van der Waals surface area (Å²) in [5.74, 6) is 1.59. The summed E-state index contributed by atoms with van der Waals surface area (Å²) in [4.78, 5) is 18.6. The molecule has 132 valence electrons. The maximum atomic E-state index is 12.1. The standard InChI is InChI=1S/C18H24N6O/c1-14(2)6-9-23-10-7-16-21-22-17(24(16)12-11-23)13-20-18(25)15-5-3-4-8-19-15/h3-6,8H,7,9-13H2,1-2H3,(H,20,25). The summed E-state index contributed by atoms with van der Waals surface area (Å²) in [6.07, 6.45) is 4.73. The van der Waals surface area contributed by atoms with Gasteiger partial charge in [-0.1, -0.05) is 17.7 Å². The average molecular weight is 340 g/mol. The number of aromatic nitrogens is 4. The van der Waals surface area contributed by atoms with Crippen molar-refractivity contribution in [1.29, 1.82) is 0 Å². The van der Waals surface area contributed by atoms with Crippen LogP contribution in [0.3, 0.4) is 0 Å². The smallest absolute Gasteiger partial charge is 0.270 e. The van der Waals surface area contributed by atoms with Gasteiger partial charge in [-0.05, 0) is 26.0 Å². The maximum Gasteiger partial charge on any atom is 0.270 e. The number of rotatable bonds is 5. The summed E-state index contributed by atoms with van der Waals surface area (Å²) < 4.78 is 2.13. The lowest BCUT2D eigenvalue weighted by molar-refractivity contribution is 0.0944. The van der Waals surface area contributed by atoms with Crippen molar-refractivity contribution in [3.63, 3.8) is 0 Å². The Hall–Kier alpha value is -2.54. The van der Waals surface area contributed by atoms with E-state index in [1.807, 2.05) is 0 Å².